The minimum absolute atomic E-state index is 0.101. The van der Waals surface area contributed by atoms with E-state index in [0.29, 0.717) is 11.4 Å². The van der Waals surface area contributed by atoms with Crippen LogP contribution in [0.5, 0.6) is 0 Å². The van der Waals surface area contributed by atoms with E-state index in [1.807, 2.05) is 0 Å². The van der Waals surface area contributed by atoms with Gasteiger partial charge in [0.05, 0.1) is 12.1 Å². The molecule has 0 fully saturated rings. The summed E-state index contributed by atoms with van der Waals surface area (Å²) in [4.78, 5) is 17.3. The maximum absolute atomic E-state index is 12.0. The fraction of sp³-hybridized carbons (Fsp3) is 0.455. The quantitative estimate of drug-likeness (QED) is 0.782. The Morgan fingerprint density at radius 3 is 2.75 bits per heavy atom. The SMILES string of the molecule is CN(C(=O)c1ccnc(N)c1)C(C)(C)CO. The number of aliphatic hydroxyl groups is 1. The Bertz CT molecular complexity index is 391. The third-order valence-corrected chi connectivity index (χ3v) is 2.63. The van der Waals surface area contributed by atoms with E-state index in [1.165, 1.54) is 17.2 Å². The standard InChI is InChI=1S/C11H17N3O2/c1-11(2,7-15)14(3)10(16)8-4-5-13-9(12)6-8/h4-6,15H,7H2,1-3H3,(H2,12,13). The van der Waals surface area contributed by atoms with Gasteiger partial charge in [-0.15, -0.1) is 0 Å². The predicted octanol–water partition coefficient (Wildman–Crippen LogP) is 0.507. The summed E-state index contributed by atoms with van der Waals surface area (Å²) in [6.07, 6.45) is 1.49. The van der Waals surface area contributed by atoms with Crippen molar-refractivity contribution in [2.24, 2.45) is 0 Å². The predicted molar refractivity (Wildman–Crippen MR) is 61.9 cm³/mol. The number of aromatic nitrogens is 1. The highest BCUT2D eigenvalue weighted by molar-refractivity contribution is 5.95. The number of aliphatic hydroxyl groups excluding tert-OH is 1. The lowest BCUT2D eigenvalue weighted by Crippen LogP contribution is -2.47. The molecule has 88 valence electrons. The number of likely N-dealkylation sites (N-methyl/N-ethyl adjacent to an activating group) is 1. The van der Waals surface area contributed by atoms with Gasteiger partial charge in [-0.3, -0.25) is 4.79 Å². The molecule has 5 nitrogen and oxygen atoms in total. The number of nitrogens with two attached hydrogens (primary N) is 1. The number of pyridine rings is 1. The minimum Gasteiger partial charge on any atom is -0.394 e. The van der Waals surface area contributed by atoms with Gasteiger partial charge in [-0.25, -0.2) is 4.98 Å². The third-order valence-electron chi connectivity index (χ3n) is 2.63. The van der Waals surface area contributed by atoms with Gasteiger partial charge in [0.25, 0.3) is 5.91 Å². The van der Waals surface area contributed by atoms with Crippen molar-refractivity contribution in [1.29, 1.82) is 0 Å². The summed E-state index contributed by atoms with van der Waals surface area (Å²) in [5, 5.41) is 9.18. The maximum atomic E-state index is 12.0. The molecule has 1 amide bonds. The fourth-order valence-electron chi connectivity index (χ4n) is 1.16. The molecule has 0 saturated carbocycles. The number of carbonyl (C=O) groups is 1. The molecule has 0 radical (unpaired) electrons. The van der Waals surface area contributed by atoms with Crippen LogP contribution in [-0.2, 0) is 0 Å². The van der Waals surface area contributed by atoms with Crippen molar-refractivity contribution in [3.63, 3.8) is 0 Å². The first-order valence-corrected chi connectivity index (χ1v) is 4.99. The number of hydrogen-bond donors (Lipinski definition) is 2. The highest BCUT2D eigenvalue weighted by Gasteiger charge is 2.27. The molecule has 0 unspecified atom stereocenters. The van der Waals surface area contributed by atoms with Gasteiger partial charge in [0.2, 0.25) is 0 Å². The molecule has 0 saturated heterocycles. The Hall–Kier alpha value is -1.62. The molecule has 0 aliphatic rings. The molecular weight excluding hydrogens is 206 g/mol. The van der Waals surface area contributed by atoms with Crippen LogP contribution in [0.4, 0.5) is 5.82 Å². The van der Waals surface area contributed by atoms with Crippen molar-refractivity contribution >= 4 is 11.7 Å². The molecule has 1 aromatic heterocycles. The molecule has 0 spiro atoms. The molecule has 0 atom stereocenters. The van der Waals surface area contributed by atoms with Gasteiger partial charge in [-0.1, -0.05) is 0 Å². The van der Waals surface area contributed by atoms with E-state index in [4.69, 9.17) is 5.73 Å². The number of rotatable bonds is 3. The molecule has 3 N–H and O–H groups in total. The first kappa shape index (κ1) is 12.4. The van der Waals surface area contributed by atoms with Crippen LogP contribution in [0.3, 0.4) is 0 Å². The lowest BCUT2D eigenvalue weighted by Gasteiger charge is -2.33. The van der Waals surface area contributed by atoms with Crippen molar-refractivity contribution in [1.82, 2.24) is 9.88 Å². The molecule has 1 aromatic rings. The highest BCUT2D eigenvalue weighted by atomic mass is 16.3. The van der Waals surface area contributed by atoms with Gasteiger partial charge in [0, 0.05) is 18.8 Å². The van der Waals surface area contributed by atoms with E-state index in [0.717, 1.165) is 0 Å². The van der Waals surface area contributed by atoms with Gasteiger partial charge in [0.1, 0.15) is 5.82 Å². The third kappa shape index (κ3) is 2.49. The maximum Gasteiger partial charge on any atom is 0.254 e. The van der Waals surface area contributed by atoms with Crippen LogP contribution in [0.15, 0.2) is 18.3 Å². The summed E-state index contributed by atoms with van der Waals surface area (Å²) >= 11 is 0. The highest BCUT2D eigenvalue weighted by Crippen LogP contribution is 2.15. The summed E-state index contributed by atoms with van der Waals surface area (Å²) in [6.45, 7) is 3.47. The fourth-order valence-corrected chi connectivity index (χ4v) is 1.16. The molecule has 0 aromatic carbocycles. The van der Waals surface area contributed by atoms with Crippen LogP contribution in [0.2, 0.25) is 0 Å². The van der Waals surface area contributed by atoms with Crippen molar-refractivity contribution in [3.05, 3.63) is 23.9 Å². The minimum atomic E-state index is -0.602. The van der Waals surface area contributed by atoms with Crippen LogP contribution in [-0.4, -0.2) is 40.1 Å². The van der Waals surface area contributed by atoms with Crippen LogP contribution < -0.4 is 5.73 Å². The summed E-state index contributed by atoms with van der Waals surface area (Å²) in [5.74, 6) is 0.120. The average Bonchev–Trinajstić information content (AvgIpc) is 2.27. The second kappa shape index (κ2) is 4.49. The van der Waals surface area contributed by atoms with E-state index >= 15 is 0 Å². The topological polar surface area (TPSA) is 79.5 Å². The zero-order valence-corrected chi connectivity index (χ0v) is 9.77. The largest absolute Gasteiger partial charge is 0.394 e. The van der Waals surface area contributed by atoms with E-state index < -0.39 is 5.54 Å². The smallest absolute Gasteiger partial charge is 0.254 e. The van der Waals surface area contributed by atoms with Crippen LogP contribution in [0, 0.1) is 0 Å². The first-order valence-electron chi connectivity index (χ1n) is 4.99. The second-order valence-electron chi connectivity index (χ2n) is 4.30. The Morgan fingerprint density at radius 2 is 2.25 bits per heavy atom. The molecule has 1 rings (SSSR count). The van der Waals surface area contributed by atoms with Crippen LogP contribution >= 0.6 is 0 Å². The number of hydrogen-bond acceptors (Lipinski definition) is 4. The monoisotopic (exact) mass is 223 g/mol. The van der Waals surface area contributed by atoms with E-state index in [-0.39, 0.29) is 12.5 Å². The second-order valence-corrected chi connectivity index (χ2v) is 4.30. The Kier molecular flexibility index (Phi) is 3.49. The van der Waals surface area contributed by atoms with Gasteiger partial charge in [0.15, 0.2) is 0 Å². The average molecular weight is 223 g/mol. The Balaban J connectivity index is 2.95. The van der Waals surface area contributed by atoms with Crippen molar-refractivity contribution in [2.75, 3.05) is 19.4 Å². The summed E-state index contributed by atoms with van der Waals surface area (Å²) in [6, 6.07) is 3.12. The lowest BCUT2D eigenvalue weighted by molar-refractivity contribution is 0.0473. The van der Waals surface area contributed by atoms with Gasteiger partial charge in [-0.2, -0.15) is 0 Å². The van der Waals surface area contributed by atoms with Crippen LogP contribution in [0.25, 0.3) is 0 Å². The van der Waals surface area contributed by atoms with Crippen molar-refractivity contribution in [3.8, 4) is 0 Å². The van der Waals surface area contributed by atoms with Crippen molar-refractivity contribution in [2.45, 2.75) is 19.4 Å². The number of amides is 1. The van der Waals surface area contributed by atoms with E-state index in [2.05, 4.69) is 4.98 Å². The number of nitrogens with zero attached hydrogens (tertiary/aromatic N) is 2. The molecular formula is C11H17N3O2. The van der Waals surface area contributed by atoms with Gasteiger partial charge >= 0.3 is 0 Å². The van der Waals surface area contributed by atoms with E-state index in [9.17, 15) is 9.90 Å². The summed E-state index contributed by atoms with van der Waals surface area (Å²) in [5.41, 5.74) is 5.37. The first-order chi connectivity index (χ1) is 7.38. The zero-order valence-electron chi connectivity index (χ0n) is 9.77. The van der Waals surface area contributed by atoms with Gasteiger partial charge in [-0.05, 0) is 26.0 Å². The van der Waals surface area contributed by atoms with Crippen molar-refractivity contribution < 1.29 is 9.90 Å². The lowest BCUT2D eigenvalue weighted by atomic mass is 10.0. The summed E-state index contributed by atoms with van der Waals surface area (Å²) < 4.78 is 0. The summed E-state index contributed by atoms with van der Waals surface area (Å²) in [7, 11) is 1.65. The Morgan fingerprint density at radius 1 is 1.62 bits per heavy atom. The molecule has 5 heteroatoms. The number of anilines is 1. The number of carbonyl (C=O) groups excluding carboxylic acids is 1. The van der Waals surface area contributed by atoms with E-state index in [1.54, 1.807) is 27.0 Å². The van der Waals surface area contributed by atoms with Gasteiger partial charge < -0.3 is 15.7 Å². The molecule has 16 heavy (non-hydrogen) atoms. The zero-order chi connectivity index (χ0) is 12.3. The Labute approximate surface area is 94.9 Å². The number of nitrogen functional groups attached to an aromatic ring is 1. The molecule has 0 bridgehead atoms. The molecule has 0 aliphatic carbocycles. The normalized spacial score (nSPS) is 11.2. The molecule has 0 aliphatic heterocycles. The van der Waals surface area contributed by atoms with Crippen LogP contribution in [0.1, 0.15) is 24.2 Å². The molecule has 1 heterocycles.